The molecule has 0 amide bonds. The van der Waals surface area contributed by atoms with Gasteiger partial charge in [0, 0.05) is 12.2 Å². The molecule has 5 heteroatoms. The molecule has 4 nitrogen and oxygen atoms in total. The van der Waals surface area contributed by atoms with E-state index in [9.17, 15) is 8.42 Å². The third-order valence-electron chi connectivity index (χ3n) is 4.72. The maximum atomic E-state index is 12.7. The predicted octanol–water partition coefficient (Wildman–Crippen LogP) is 4.74. The van der Waals surface area contributed by atoms with Gasteiger partial charge in [-0.1, -0.05) is 65.7 Å². The van der Waals surface area contributed by atoms with Crippen LogP contribution in [0.25, 0.3) is 0 Å². The lowest BCUT2D eigenvalue weighted by atomic mass is 10.1. The molecule has 3 rings (SSSR count). The molecule has 0 aliphatic carbocycles. The average Bonchev–Trinajstić information content (AvgIpc) is 2.68. The van der Waals surface area contributed by atoms with Crippen molar-refractivity contribution in [3.63, 3.8) is 0 Å². The highest BCUT2D eigenvalue weighted by atomic mass is 32.2. The van der Waals surface area contributed by atoms with Crippen LogP contribution < -0.4 is 10.0 Å². The van der Waals surface area contributed by atoms with Crippen LogP contribution in [0.2, 0.25) is 0 Å². The van der Waals surface area contributed by atoms with E-state index in [-0.39, 0.29) is 17.5 Å². The maximum Gasteiger partial charge on any atom is 0.240 e. The first-order valence-electron chi connectivity index (χ1n) is 9.30. The molecule has 3 aromatic rings. The average molecular weight is 395 g/mol. The first-order valence-corrected chi connectivity index (χ1v) is 10.8. The molecule has 0 saturated carbocycles. The van der Waals surface area contributed by atoms with Gasteiger partial charge >= 0.3 is 0 Å². The summed E-state index contributed by atoms with van der Waals surface area (Å²) in [5.41, 5.74) is 5.36. The summed E-state index contributed by atoms with van der Waals surface area (Å²) in [4.78, 5) is 0.274. The van der Waals surface area contributed by atoms with Gasteiger partial charge in [0.25, 0.3) is 0 Å². The number of hydrogen-bond acceptors (Lipinski definition) is 3. The van der Waals surface area contributed by atoms with Gasteiger partial charge in [0.1, 0.15) is 0 Å². The first-order chi connectivity index (χ1) is 13.3. The molecule has 0 aromatic heterocycles. The van der Waals surface area contributed by atoms with Crippen LogP contribution in [-0.2, 0) is 10.0 Å². The van der Waals surface area contributed by atoms with E-state index in [1.165, 1.54) is 5.56 Å². The van der Waals surface area contributed by atoms with E-state index in [2.05, 4.69) is 23.0 Å². The van der Waals surface area contributed by atoms with Crippen LogP contribution in [0, 0.1) is 20.8 Å². The highest BCUT2D eigenvalue weighted by Crippen LogP contribution is 2.23. The van der Waals surface area contributed by atoms with E-state index in [0.717, 1.165) is 22.4 Å². The van der Waals surface area contributed by atoms with Crippen LogP contribution in [0.3, 0.4) is 0 Å². The molecule has 0 fully saturated rings. The zero-order valence-corrected chi connectivity index (χ0v) is 17.3. The van der Waals surface area contributed by atoms with Crippen LogP contribution in [0.15, 0.2) is 77.7 Å². The fourth-order valence-corrected chi connectivity index (χ4v) is 4.14. The Labute approximate surface area is 167 Å². The van der Waals surface area contributed by atoms with Crippen molar-refractivity contribution < 1.29 is 8.42 Å². The van der Waals surface area contributed by atoms with Crippen molar-refractivity contribution in [3.05, 3.63) is 95.1 Å². The molecule has 1 atom stereocenters. The lowest BCUT2D eigenvalue weighted by molar-refractivity contribution is 0.576. The number of anilines is 1. The summed E-state index contributed by atoms with van der Waals surface area (Å²) in [5.74, 6) is 0. The van der Waals surface area contributed by atoms with Gasteiger partial charge in [-0.15, -0.1) is 0 Å². The van der Waals surface area contributed by atoms with E-state index in [4.69, 9.17) is 0 Å². The SMILES string of the molecule is Cc1ccc(S(=O)(=O)NCC(Nc2ccc(C)cc2C)c2ccccc2)cc1. The summed E-state index contributed by atoms with van der Waals surface area (Å²) >= 11 is 0. The summed E-state index contributed by atoms with van der Waals surface area (Å²) in [6.45, 7) is 6.28. The Morgan fingerprint density at radius 3 is 2.11 bits per heavy atom. The third-order valence-corrected chi connectivity index (χ3v) is 6.16. The van der Waals surface area contributed by atoms with Crippen molar-refractivity contribution in [2.75, 3.05) is 11.9 Å². The number of hydrogen-bond donors (Lipinski definition) is 2. The molecule has 0 heterocycles. The summed E-state index contributed by atoms with van der Waals surface area (Å²) in [7, 11) is -3.58. The van der Waals surface area contributed by atoms with Gasteiger partial charge in [-0.25, -0.2) is 13.1 Å². The third kappa shape index (κ3) is 5.00. The number of sulfonamides is 1. The molecule has 0 bridgehead atoms. The van der Waals surface area contributed by atoms with Crippen LogP contribution in [-0.4, -0.2) is 15.0 Å². The van der Waals surface area contributed by atoms with Crippen LogP contribution in [0.1, 0.15) is 28.3 Å². The number of rotatable bonds is 7. The molecule has 0 aliphatic rings. The molecule has 1 unspecified atom stereocenters. The topological polar surface area (TPSA) is 58.2 Å². The Morgan fingerprint density at radius 2 is 1.46 bits per heavy atom. The van der Waals surface area contributed by atoms with Crippen LogP contribution in [0.5, 0.6) is 0 Å². The van der Waals surface area contributed by atoms with Gasteiger partial charge in [-0.05, 0) is 50.1 Å². The number of aryl methyl sites for hydroxylation is 3. The summed E-state index contributed by atoms with van der Waals surface area (Å²) < 4.78 is 28.2. The van der Waals surface area contributed by atoms with Gasteiger partial charge in [0.05, 0.1) is 10.9 Å². The lowest BCUT2D eigenvalue weighted by Crippen LogP contribution is -2.31. The van der Waals surface area contributed by atoms with Gasteiger partial charge in [-0.3, -0.25) is 0 Å². The maximum absolute atomic E-state index is 12.7. The Hall–Kier alpha value is -2.63. The summed E-state index contributed by atoms with van der Waals surface area (Å²) in [5, 5.41) is 3.50. The largest absolute Gasteiger partial charge is 0.377 e. The van der Waals surface area contributed by atoms with Gasteiger partial charge < -0.3 is 5.32 Å². The van der Waals surface area contributed by atoms with Crippen molar-refractivity contribution in [1.29, 1.82) is 0 Å². The first kappa shape index (κ1) is 20.1. The van der Waals surface area contributed by atoms with Crippen molar-refractivity contribution in [2.24, 2.45) is 0 Å². The zero-order chi connectivity index (χ0) is 20.1. The quantitative estimate of drug-likeness (QED) is 0.608. The van der Waals surface area contributed by atoms with E-state index in [1.807, 2.05) is 56.3 Å². The molecule has 3 aromatic carbocycles. The molecule has 28 heavy (non-hydrogen) atoms. The molecular weight excluding hydrogens is 368 g/mol. The normalized spacial score (nSPS) is 12.5. The molecule has 0 saturated heterocycles. The van der Waals surface area contributed by atoms with Crippen molar-refractivity contribution in [3.8, 4) is 0 Å². The highest BCUT2D eigenvalue weighted by molar-refractivity contribution is 7.89. The smallest absolute Gasteiger partial charge is 0.240 e. The summed E-state index contributed by atoms with van der Waals surface area (Å²) in [6.07, 6.45) is 0. The molecule has 0 aliphatic heterocycles. The fraction of sp³-hybridized carbons (Fsp3) is 0.217. The minimum atomic E-state index is -3.58. The van der Waals surface area contributed by atoms with Crippen molar-refractivity contribution in [1.82, 2.24) is 4.72 Å². The molecule has 2 N–H and O–H groups in total. The van der Waals surface area contributed by atoms with Crippen LogP contribution >= 0.6 is 0 Å². The van der Waals surface area contributed by atoms with E-state index in [1.54, 1.807) is 24.3 Å². The molecule has 0 radical (unpaired) electrons. The van der Waals surface area contributed by atoms with E-state index < -0.39 is 10.0 Å². The van der Waals surface area contributed by atoms with E-state index >= 15 is 0 Å². The molecule has 146 valence electrons. The highest BCUT2D eigenvalue weighted by Gasteiger charge is 2.18. The standard InChI is InChI=1S/C23H26N2O2S/c1-17-9-12-21(13-10-17)28(26,27)24-16-23(20-7-5-4-6-8-20)25-22-14-11-18(2)15-19(22)3/h4-15,23-25H,16H2,1-3H3. The predicted molar refractivity (Wildman–Crippen MR) is 115 cm³/mol. The van der Waals surface area contributed by atoms with E-state index in [0.29, 0.717) is 0 Å². The fourth-order valence-electron chi connectivity index (χ4n) is 3.09. The second-order valence-corrected chi connectivity index (χ2v) is 8.86. The Balaban J connectivity index is 1.82. The van der Waals surface area contributed by atoms with Gasteiger partial charge in [-0.2, -0.15) is 0 Å². The minimum Gasteiger partial charge on any atom is -0.377 e. The number of nitrogens with one attached hydrogen (secondary N) is 2. The second kappa shape index (κ2) is 8.59. The monoisotopic (exact) mass is 394 g/mol. The molecular formula is C23H26N2O2S. The van der Waals surface area contributed by atoms with Crippen molar-refractivity contribution >= 4 is 15.7 Å². The summed E-state index contributed by atoms with van der Waals surface area (Å²) in [6, 6.07) is 22.7. The van der Waals surface area contributed by atoms with Gasteiger partial charge in [0.15, 0.2) is 0 Å². The van der Waals surface area contributed by atoms with Crippen molar-refractivity contribution in [2.45, 2.75) is 31.7 Å². The Kier molecular flexibility index (Phi) is 6.17. The minimum absolute atomic E-state index is 0.192. The molecule has 0 spiro atoms. The Morgan fingerprint density at radius 1 is 0.821 bits per heavy atom. The zero-order valence-electron chi connectivity index (χ0n) is 16.4. The number of benzene rings is 3. The van der Waals surface area contributed by atoms with Gasteiger partial charge in [0.2, 0.25) is 10.0 Å². The van der Waals surface area contributed by atoms with Crippen LogP contribution in [0.4, 0.5) is 5.69 Å². The lowest BCUT2D eigenvalue weighted by Gasteiger charge is -2.22. The Bertz CT molecular complexity index is 1030. The second-order valence-electron chi connectivity index (χ2n) is 7.09.